The van der Waals surface area contributed by atoms with Crippen LogP contribution < -0.4 is 0 Å². The van der Waals surface area contributed by atoms with Gasteiger partial charge in [0.05, 0.1) is 18.8 Å². The highest BCUT2D eigenvalue weighted by molar-refractivity contribution is 5.76. The molecule has 0 N–H and O–H groups in total. The molecule has 124 valence electrons. The van der Waals surface area contributed by atoms with E-state index < -0.39 is 0 Å². The lowest BCUT2D eigenvalue weighted by molar-refractivity contribution is -0.135. The Bertz CT molecular complexity index is 620. The van der Waals surface area contributed by atoms with Crippen molar-refractivity contribution in [1.82, 2.24) is 29.4 Å². The molecule has 2 aromatic rings. The van der Waals surface area contributed by atoms with Gasteiger partial charge in [0.2, 0.25) is 5.91 Å². The monoisotopic (exact) mass is 316 g/mol. The fourth-order valence-corrected chi connectivity index (χ4v) is 3.19. The quantitative estimate of drug-likeness (QED) is 0.812. The van der Waals surface area contributed by atoms with Crippen molar-refractivity contribution in [2.75, 3.05) is 6.54 Å². The molecule has 0 bridgehead atoms. The lowest BCUT2D eigenvalue weighted by atomic mass is 10.0. The summed E-state index contributed by atoms with van der Waals surface area (Å²) >= 11 is 0. The zero-order valence-electron chi connectivity index (χ0n) is 13.6. The number of amides is 1. The second kappa shape index (κ2) is 7.39. The van der Waals surface area contributed by atoms with Gasteiger partial charge in [-0.1, -0.05) is 0 Å². The molecule has 23 heavy (non-hydrogen) atoms. The zero-order chi connectivity index (χ0) is 16.1. The second-order valence-electron chi connectivity index (χ2n) is 6.24. The summed E-state index contributed by atoms with van der Waals surface area (Å²) in [5, 5.41) is 8.43. The van der Waals surface area contributed by atoms with Gasteiger partial charge in [0.25, 0.3) is 0 Å². The van der Waals surface area contributed by atoms with Crippen LogP contribution in [0.3, 0.4) is 0 Å². The highest BCUT2D eigenvalue weighted by atomic mass is 16.2. The molecule has 3 rings (SSSR count). The molecule has 1 fully saturated rings. The third-order valence-electron chi connectivity index (χ3n) is 4.35. The first-order chi connectivity index (χ1) is 11.2. The largest absolute Gasteiger partial charge is 0.338 e. The van der Waals surface area contributed by atoms with E-state index in [-0.39, 0.29) is 11.9 Å². The van der Waals surface area contributed by atoms with E-state index >= 15 is 0 Å². The normalized spacial score (nSPS) is 18.3. The molecule has 0 spiro atoms. The van der Waals surface area contributed by atoms with Gasteiger partial charge in [0.15, 0.2) is 0 Å². The predicted octanol–water partition coefficient (Wildman–Crippen LogP) is 1.64. The van der Waals surface area contributed by atoms with Crippen LogP contribution in [0.4, 0.5) is 0 Å². The maximum atomic E-state index is 12.6. The van der Waals surface area contributed by atoms with E-state index in [2.05, 4.69) is 20.1 Å². The zero-order valence-corrected chi connectivity index (χ0v) is 13.6. The molecule has 0 aromatic carbocycles. The number of carbonyl (C=O) groups excluding carboxylic acids is 1. The van der Waals surface area contributed by atoms with E-state index in [1.165, 1.54) is 12.7 Å². The van der Waals surface area contributed by atoms with Gasteiger partial charge in [-0.3, -0.25) is 14.2 Å². The van der Waals surface area contributed by atoms with Gasteiger partial charge < -0.3 is 4.90 Å². The summed E-state index contributed by atoms with van der Waals surface area (Å²) in [4.78, 5) is 18.6. The molecule has 3 heterocycles. The number of aromatic nitrogens is 5. The number of piperidine rings is 1. The van der Waals surface area contributed by atoms with E-state index in [1.54, 1.807) is 11.0 Å². The van der Waals surface area contributed by atoms with Gasteiger partial charge in [-0.2, -0.15) is 10.2 Å². The highest BCUT2D eigenvalue weighted by Crippen LogP contribution is 2.20. The minimum atomic E-state index is 0.249. The van der Waals surface area contributed by atoms with E-state index in [0.717, 1.165) is 44.5 Å². The smallest absolute Gasteiger partial charge is 0.222 e. The van der Waals surface area contributed by atoms with Crippen molar-refractivity contribution in [3.8, 4) is 0 Å². The number of hydrogen-bond donors (Lipinski definition) is 0. The van der Waals surface area contributed by atoms with Crippen molar-refractivity contribution in [3.05, 3.63) is 30.6 Å². The number of nitrogens with zero attached hydrogens (tertiary/aromatic N) is 6. The molecule has 0 aliphatic carbocycles. The molecule has 1 saturated heterocycles. The molecule has 0 radical (unpaired) electrons. The third kappa shape index (κ3) is 4.18. The van der Waals surface area contributed by atoms with Crippen LogP contribution in [-0.4, -0.2) is 47.9 Å². The molecular weight excluding hydrogens is 292 g/mol. The summed E-state index contributed by atoms with van der Waals surface area (Å²) in [5.41, 5.74) is 1.16. The Labute approximate surface area is 136 Å². The van der Waals surface area contributed by atoms with Crippen LogP contribution in [0.15, 0.2) is 25.0 Å². The molecule has 1 amide bonds. The van der Waals surface area contributed by atoms with Crippen LogP contribution in [0.1, 0.15) is 37.7 Å². The summed E-state index contributed by atoms with van der Waals surface area (Å²) in [6, 6.07) is 0.266. The van der Waals surface area contributed by atoms with Gasteiger partial charge in [-0.25, -0.2) is 4.98 Å². The predicted molar refractivity (Wildman–Crippen MR) is 85.6 cm³/mol. The molecule has 1 atom stereocenters. The van der Waals surface area contributed by atoms with Crippen molar-refractivity contribution in [2.24, 2.45) is 0 Å². The van der Waals surface area contributed by atoms with Gasteiger partial charge in [0.1, 0.15) is 12.7 Å². The van der Waals surface area contributed by atoms with Crippen LogP contribution >= 0.6 is 0 Å². The van der Waals surface area contributed by atoms with Crippen LogP contribution in [-0.2, 0) is 17.9 Å². The Balaban J connectivity index is 1.53. The summed E-state index contributed by atoms with van der Waals surface area (Å²) < 4.78 is 3.73. The van der Waals surface area contributed by atoms with Crippen molar-refractivity contribution in [1.29, 1.82) is 0 Å². The lowest BCUT2D eigenvalue weighted by Gasteiger charge is -2.36. The van der Waals surface area contributed by atoms with Gasteiger partial charge in [-0.05, 0) is 38.2 Å². The minimum absolute atomic E-state index is 0.249. The molecule has 7 nitrogen and oxygen atoms in total. The maximum Gasteiger partial charge on any atom is 0.222 e. The Morgan fingerprint density at radius 3 is 2.96 bits per heavy atom. The first-order valence-corrected chi connectivity index (χ1v) is 8.33. The van der Waals surface area contributed by atoms with Crippen molar-refractivity contribution in [3.63, 3.8) is 0 Å². The molecule has 1 unspecified atom stereocenters. The number of rotatable bonds is 6. The SMILES string of the molecule is Cc1cnn(CC2CCCCN2C(=O)CCCn2cncn2)c1. The van der Waals surface area contributed by atoms with E-state index in [4.69, 9.17) is 0 Å². The Morgan fingerprint density at radius 1 is 1.30 bits per heavy atom. The maximum absolute atomic E-state index is 12.6. The highest BCUT2D eigenvalue weighted by Gasteiger charge is 2.26. The fourth-order valence-electron chi connectivity index (χ4n) is 3.19. The first kappa shape index (κ1) is 15.7. The van der Waals surface area contributed by atoms with Gasteiger partial charge in [0, 0.05) is 25.7 Å². The molecule has 0 saturated carbocycles. The molecule has 2 aromatic heterocycles. The molecule has 1 aliphatic rings. The van der Waals surface area contributed by atoms with Gasteiger partial charge >= 0.3 is 0 Å². The summed E-state index contributed by atoms with van der Waals surface area (Å²) in [6.45, 7) is 4.44. The topological polar surface area (TPSA) is 68.8 Å². The van der Waals surface area contributed by atoms with Crippen LogP contribution in [0.5, 0.6) is 0 Å². The van der Waals surface area contributed by atoms with Gasteiger partial charge in [-0.15, -0.1) is 0 Å². The minimum Gasteiger partial charge on any atom is -0.338 e. The number of hydrogen-bond acceptors (Lipinski definition) is 4. The van der Waals surface area contributed by atoms with Crippen molar-refractivity contribution >= 4 is 5.91 Å². The van der Waals surface area contributed by atoms with Crippen LogP contribution in [0.25, 0.3) is 0 Å². The second-order valence-corrected chi connectivity index (χ2v) is 6.24. The Hall–Kier alpha value is -2.18. The number of aryl methyl sites for hydroxylation is 2. The summed E-state index contributed by atoms with van der Waals surface area (Å²) in [6.07, 6.45) is 11.8. The summed E-state index contributed by atoms with van der Waals surface area (Å²) in [7, 11) is 0. The van der Waals surface area contributed by atoms with Crippen molar-refractivity contribution < 1.29 is 4.79 Å². The molecule has 1 aliphatic heterocycles. The molecular formula is C16H24N6O. The summed E-state index contributed by atoms with van der Waals surface area (Å²) in [5.74, 6) is 0.249. The standard InChI is InChI=1S/C16H24N6O/c1-14-9-18-21(10-14)11-15-5-2-3-8-22(15)16(23)6-4-7-20-13-17-12-19-20/h9-10,12-13,15H,2-8,11H2,1H3. The van der Waals surface area contributed by atoms with E-state index in [0.29, 0.717) is 6.42 Å². The molecule has 7 heteroatoms. The average Bonchev–Trinajstić information content (AvgIpc) is 3.20. The fraction of sp³-hybridized carbons (Fsp3) is 0.625. The van der Waals surface area contributed by atoms with Crippen LogP contribution in [0, 0.1) is 6.92 Å². The van der Waals surface area contributed by atoms with Crippen molar-refractivity contribution in [2.45, 2.75) is 58.2 Å². The third-order valence-corrected chi connectivity index (χ3v) is 4.35. The Morgan fingerprint density at radius 2 is 2.22 bits per heavy atom. The Kier molecular flexibility index (Phi) is 5.05. The number of likely N-dealkylation sites (tertiary alicyclic amines) is 1. The average molecular weight is 316 g/mol. The van der Waals surface area contributed by atoms with E-state index in [9.17, 15) is 4.79 Å². The van der Waals surface area contributed by atoms with E-state index in [1.807, 2.05) is 24.0 Å². The number of carbonyl (C=O) groups is 1. The lowest BCUT2D eigenvalue weighted by Crippen LogP contribution is -2.45. The van der Waals surface area contributed by atoms with Crippen LogP contribution in [0.2, 0.25) is 0 Å². The first-order valence-electron chi connectivity index (χ1n) is 8.33.